The van der Waals surface area contributed by atoms with Gasteiger partial charge in [-0.05, 0) is 32.8 Å². The first-order valence-corrected chi connectivity index (χ1v) is 7.05. The number of nitrogens with one attached hydrogen (secondary N) is 1. The SMILES string of the molecule is Cc1cccc(CCC(=O)N2CCNC(C)(C)C2)c1. The molecule has 0 radical (unpaired) electrons. The third-order valence-corrected chi connectivity index (χ3v) is 3.63. The van der Waals surface area contributed by atoms with Gasteiger partial charge in [0.05, 0.1) is 0 Å². The fourth-order valence-electron chi connectivity index (χ4n) is 2.63. The van der Waals surface area contributed by atoms with Crippen LogP contribution >= 0.6 is 0 Å². The summed E-state index contributed by atoms with van der Waals surface area (Å²) in [4.78, 5) is 14.2. The van der Waals surface area contributed by atoms with Crippen LogP contribution in [0.2, 0.25) is 0 Å². The van der Waals surface area contributed by atoms with E-state index in [0.29, 0.717) is 6.42 Å². The summed E-state index contributed by atoms with van der Waals surface area (Å²) in [7, 11) is 0. The fraction of sp³-hybridized carbons (Fsp3) is 0.562. The number of carbonyl (C=O) groups is 1. The maximum Gasteiger partial charge on any atom is 0.223 e. The molecule has 0 atom stereocenters. The Morgan fingerprint density at radius 1 is 1.42 bits per heavy atom. The van der Waals surface area contributed by atoms with Gasteiger partial charge in [-0.2, -0.15) is 0 Å². The van der Waals surface area contributed by atoms with Gasteiger partial charge in [-0.3, -0.25) is 4.79 Å². The predicted octanol–water partition coefficient (Wildman–Crippen LogP) is 2.14. The molecule has 0 aliphatic carbocycles. The maximum atomic E-state index is 12.2. The van der Waals surface area contributed by atoms with Crippen molar-refractivity contribution >= 4 is 5.91 Å². The van der Waals surface area contributed by atoms with Crippen LogP contribution < -0.4 is 5.32 Å². The second kappa shape index (κ2) is 5.74. The minimum Gasteiger partial charge on any atom is -0.340 e. The zero-order valence-electron chi connectivity index (χ0n) is 12.2. The number of carbonyl (C=O) groups excluding carboxylic acids is 1. The second-order valence-corrected chi connectivity index (χ2v) is 6.12. The fourth-order valence-corrected chi connectivity index (χ4v) is 2.63. The van der Waals surface area contributed by atoms with Crippen molar-refractivity contribution in [2.24, 2.45) is 0 Å². The molecular formula is C16H24N2O. The number of nitrogens with zero attached hydrogens (tertiary/aromatic N) is 1. The van der Waals surface area contributed by atoms with Gasteiger partial charge < -0.3 is 10.2 Å². The van der Waals surface area contributed by atoms with Gasteiger partial charge in [0.1, 0.15) is 0 Å². The molecule has 1 aromatic carbocycles. The van der Waals surface area contributed by atoms with Crippen LogP contribution in [0.3, 0.4) is 0 Å². The number of aryl methyl sites for hydroxylation is 2. The molecule has 3 nitrogen and oxygen atoms in total. The number of hydrogen-bond acceptors (Lipinski definition) is 2. The normalized spacial score (nSPS) is 18.4. The van der Waals surface area contributed by atoms with E-state index in [1.54, 1.807) is 0 Å². The Hall–Kier alpha value is -1.35. The van der Waals surface area contributed by atoms with Crippen molar-refractivity contribution in [1.82, 2.24) is 10.2 Å². The van der Waals surface area contributed by atoms with E-state index in [2.05, 4.69) is 50.4 Å². The number of amides is 1. The van der Waals surface area contributed by atoms with Crippen molar-refractivity contribution in [3.63, 3.8) is 0 Å². The molecule has 0 saturated carbocycles. The van der Waals surface area contributed by atoms with Crippen molar-refractivity contribution in [3.05, 3.63) is 35.4 Å². The zero-order valence-corrected chi connectivity index (χ0v) is 12.2. The molecule has 0 aromatic heterocycles. The van der Waals surface area contributed by atoms with Crippen LogP contribution in [-0.2, 0) is 11.2 Å². The second-order valence-electron chi connectivity index (χ2n) is 6.12. The average Bonchev–Trinajstić information content (AvgIpc) is 2.35. The summed E-state index contributed by atoms with van der Waals surface area (Å²) in [6.07, 6.45) is 1.45. The molecule has 0 spiro atoms. The number of hydrogen-bond donors (Lipinski definition) is 1. The van der Waals surface area contributed by atoms with Gasteiger partial charge in [0.2, 0.25) is 5.91 Å². The smallest absolute Gasteiger partial charge is 0.223 e. The minimum atomic E-state index is 0.0389. The molecule has 1 aliphatic rings. The Kier molecular flexibility index (Phi) is 4.25. The lowest BCUT2D eigenvalue weighted by atomic mass is 10.0. The topological polar surface area (TPSA) is 32.3 Å². The van der Waals surface area contributed by atoms with Gasteiger partial charge in [-0.1, -0.05) is 29.8 Å². The Labute approximate surface area is 116 Å². The molecule has 0 bridgehead atoms. The standard InChI is InChI=1S/C16H24N2O/c1-13-5-4-6-14(11-13)7-8-15(19)18-10-9-17-16(2,3)12-18/h4-6,11,17H,7-10,12H2,1-3H3. The van der Waals surface area contributed by atoms with E-state index in [9.17, 15) is 4.79 Å². The lowest BCUT2D eigenvalue weighted by Gasteiger charge is -2.39. The first-order valence-electron chi connectivity index (χ1n) is 7.05. The van der Waals surface area contributed by atoms with Crippen LogP contribution in [0.5, 0.6) is 0 Å². The summed E-state index contributed by atoms with van der Waals surface area (Å²) in [5.41, 5.74) is 2.55. The Bertz CT molecular complexity index is 454. The first kappa shape index (κ1) is 14.1. The Morgan fingerprint density at radius 3 is 2.89 bits per heavy atom. The van der Waals surface area contributed by atoms with Crippen molar-refractivity contribution < 1.29 is 4.79 Å². The van der Waals surface area contributed by atoms with Crippen molar-refractivity contribution in [1.29, 1.82) is 0 Å². The van der Waals surface area contributed by atoms with Gasteiger partial charge in [0, 0.05) is 31.6 Å². The summed E-state index contributed by atoms with van der Waals surface area (Å²) >= 11 is 0. The molecule has 3 heteroatoms. The molecule has 104 valence electrons. The van der Waals surface area contributed by atoms with E-state index in [1.165, 1.54) is 11.1 Å². The quantitative estimate of drug-likeness (QED) is 0.903. The monoisotopic (exact) mass is 260 g/mol. The van der Waals surface area contributed by atoms with Crippen LogP contribution in [0.25, 0.3) is 0 Å². The Morgan fingerprint density at radius 2 is 2.21 bits per heavy atom. The van der Waals surface area contributed by atoms with Gasteiger partial charge in [0.25, 0.3) is 0 Å². The van der Waals surface area contributed by atoms with E-state index < -0.39 is 0 Å². The van der Waals surface area contributed by atoms with Crippen LogP contribution in [0.15, 0.2) is 24.3 Å². The molecule has 1 aliphatic heterocycles. The van der Waals surface area contributed by atoms with Crippen LogP contribution in [0.4, 0.5) is 0 Å². The summed E-state index contributed by atoms with van der Waals surface area (Å²) in [5.74, 6) is 0.274. The zero-order chi connectivity index (χ0) is 13.9. The largest absolute Gasteiger partial charge is 0.340 e. The highest BCUT2D eigenvalue weighted by Crippen LogP contribution is 2.13. The molecule has 1 N–H and O–H groups in total. The molecule has 1 amide bonds. The molecular weight excluding hydrogens is 236 g/mol. The highest BCUT2D eigenvalue weighted by Gasteiger charge is 2.28. The van der Waals surface area contributed by atoms with E-state index in [0.717, 1.165) is 26.1 Å². The van der Waals surface area contributed by atoms with Crippen LogP contribution in [-0.4, -0.2) is 36.0 Å². The third kappa shape index (κ3) is 4.06. The van der Waals surface area contributed by atoms with E-state index in [-0.39, 0.29) is 11.4 Å². The number of benzene rings is 1. The summed E-state index contributed by atoms with van der Waals surface area (Å²) in [6.45, 7) is 8.91. The summed E-state index contributed by atoms with van der Waals surface area (Å²) in [6, 6.07) is 8.41. The van der Waals surface area contributed by atoms with Gasteiger partial charge >= 0.3 is 0 Å². The minimum absolute atomic E-state index is 0.0389. The maximum absolute atomic E-state index is 12.2. The molecule has 1 saturated heterocycles. The molecule has 1 heterocycles. The lowest BCUT2D eigenvalue weighted by Crippen LogP contribution is -2.58. The third-order valence-electron chi connectivity index (χ3n) is 3.63. The predicted molar refractivity (Wildman–Crippen MR) is 78.2 cm³/mol. The first-order chi connectivity index (χ1) is 8.96. The molecule has 19 heavy (non-hydrogen) atoms. The Balaban J connectivity index is 1.87. The van der Waals surface area contributed by atoms with Crippen LogP contribution in [0.1, 0.15) is 31.4 Å². The lowest BCUT2D eigenvalue weighted by molar-refractivity contribution is -0.133. The number of piperazine rings is 1. The van der Waals surface area contributed by atoms with Crippen molar-refractivity contribution in [3.8, 4) is 0 Å². The highest BCUT2D eigenvalue weighted by molar-refractivity contribution is 5.76. The van der Waals surface area contributed by atoms with Gasteiger partial charge in [-0.15, -0.1) is 0 Å². The molecule has 1 aromatic rings. The highest BCUT2D eigenvalue weighted by atomic mass is 16.2. The van der Waals surface area contributed by atoms with Gasteiger partial charge in [-0.25, -0.2) is 0 Å². The molecule has 0 unspecified atom stereocenters. The van der Waals surface area contributed by atoms with E-state index in [4.69, 9.17) is 0 Å². The summed E-state index contributed by atoms with van der Waals surface area (Å²) < 4.78 is 0. The van der Waals surface area contributed by atoms with Crippen molar-refractivity contribution in [2.75, 3.05) is 19.6 Å². The molecule has 2 rings (SSSR count). The summed E-state index contributed by atoms with van der Waals surface area (Å²) in [5, 5.41) is 3.43. The van der Waals surface area contributed by atoms with Gasteiger partial charge in [0.15, 0.2) is 0 Å². The average molecular weight is 260 g/mol. The van der Waals surface area contributed by atoms with E-state index in [1.807, 2.05) is 4.90 Å². The van der Waals surface area contributed by atoms with Crippen molar-refractivity contribution in [2.45, 2.75) is 39.2 Å². The number of rotatable bonds is 3. The molecule has 1 fully saturated rings. The van der Waals surface area contributed by atoms with Crippen LogP contribution in [0, 0.1) is 6.92 Å². The van der Waals surface area contributed by atoms with E-state index >= 15 is 0 Å².